The van der Waals surface area contributed by atoms with Crippen LogP contribution >= 0.6 is 0 Å². The number of methoxy groups -OCH3 is 1. The number of rotatable bonds is 7. The lowest BCUT2D eigenvalue weighted by Crippen LogP contribution is -2.31. The second kappa shape index (κ2) is 9.03. The molecule has 1 aliphatic heterocycles. The first-order valence-corrected chi connectivity index (χ1v) is 8.73. The summed E-state index contributed by atoms with van der Waals surface area (Å²) in [5.74, 6) is 0.273. The van der Waals surface area contributed by atoms with E-state index in [2.05, 4.69) is 4.74 Å². The number of ether oxygens (including phenoxy) is 3. The fraction of sp³-hybridized carbons (Fsp3) is 0.238. The average Bonchev–Trinajstić information content (AvgIpc) is 3.18. The smallest absolute Gasteiger partial charge is 0.307 e. The summed E-state index contributed by atoms with van der Waals surface area (Å²) in [4.78, 5) is 25.7. The zero-order chi connectivity index (χ0) is 19.9. The van der Waals surface area contributed by atoms with Crippen LogP contribution in [0.1, 0.15) is 17.5 Å². The molecule has 0 bridgehead atoms. The van der Waals surface area contributed by atoms with E-state index in [4.69, 9.17) is 9.47 Å². The normalized spacial score (nSPS) is 12.2. The molecule has 0 aliphatic carbocycles. The number of fused-ring (bicyclic) bond motifs is 1. The first-order chi connectivity index (χ1) is 13.5. The molecule has 0 saturated heterocycles. The molecule has 0 N–H and O–H groups in total. The third-order valence-electron chi connectivity index (χ3n) is 4.22. The molecule has 1 amide bonds. The van der Waals surface area contributed by atoms with Crippen LogP contribution in [0.5, 0.6) is 11.5 Å². The van der Waals surface area contributed by atoms with Crippen molar-refractivity contribution in [3.05, 3.63) is 65.5 Å². The number of hydrogen-bond acceptors (Lipinski definition) is 5. The van der Waals surface area contributed by atoms with Crippen molar-refractivity contribution < 1.29 is 28.2 Å². The maximum absolute atomic E-state index is 13.0. The third-order valence-corrected chi connectivity index (χ3v) is 4.22. The standard InChI is InChI=1S/C21H20FNO5/c1-26-21(25)10-11-23(13-16-4-8-18-19(12-16)28-14-27-18)20(24)9-5-15-2-6-17(22)7-3-15/h2-9,12H,10-11,13-14H2,1H3/b9-5+. The summed E-state index contributed by atoms with van der Waals surface area (Å²) in [5.41, 5.74) is 1.54. The molecule has 0 aromatic heterocycles. The number of carbonyl (C=O) groups excluding carboxylic acids is 2. The Morgan fingerprint density at radius 2 is 1.89 bits per heavy atom. The number of benzene rings is 2. The topological polar surface area (TPSA) is 65.1 Å². The summed E-state index contributed by atoms with van der Waals surface area (Å²) in [6.07, 6.45) is 3.08. The van der Waals surface area contributed by atoms with Gasteiger partial charge in [-0.2, -0.15) is 0 Å². The summed E-state index contributed by atoms with van der Waals surface area (Å²) < 4.78 is 28.3. The molecule has 0 fully saturated rings. The van der Waals surface area contributed by atoms with Gasteiger partial charge in [0, 0.05) is 19.2 Å². The Morgan fingerprint density at radius 3 is 2.64 bits per heavy atom. The molecule has 146 valence electrons. The van der Waals surface area contributed by atoms with Crippen molar-refractivity contribution in [1.82, 2.24) is 4.90 Å². The minimum Gasteiger partial charge on any atom is -0.469 e. The molecule has 0 unspecified atom stereocenters. The number of nitrogens with zero attached hydrogens (tertiary/aromatic N) is 1. The van der Waals surface area contributed by atoms with E-state index in [0.29, 0.717) is 23.6 Å². The van der Waals surface area contributed by atoms with Crippen molar-refractivity contribution in [3.8, 4) is 11.5 Å². The van der Waals surface area contributed by atoms with Crippen LogP contribution in [-0.2, 0) is 20.9 Å². The van der Waals surface area contributed by atoms with E-state index in [1.165, 1.54) is 30.2 Å². The van der Waals surface area contributed by atoms with Gasteiger partial charge in [0.2, 0.25) is 12.7 Å². The maximum Gasteiger partial charge on any atom is 0.307 e. The first-order valence-electron chi connectivity index (χ1n) is 8.73. The fourth-order valence-corrected chi connectivity index (χ4v) is 2.70. The minimum atomic E-state index is -0.397. The fourth-order valence-electron chi connectivity index (χ4n) is 2.70. The molecule has 0 atom stereocenters. The molecule has 6 nitrogen and oxygen atoms in total. The van der Waals surface area contributed by atoms with E-state index in [0.717, 1.165) is 5.56 Å². The predicted molar refractivity (Wildman–Crippen MR) is 100 cm³/mol. The molecule has 28 heavy (non-hydrogen) atoms. The first kappa shape index (κ1) is 19.4. The summed E-state index contributed by atoms with van der Waals surface area (Å²) >= 11 is 0. The molecular weight excluding hydrogens is 365 g/mol. The van der Waals surface area contributed by atoms with Crippen molar-refractivity contribution in [2.24, 2.45) is 0 Å². The highest BCUT2D eigenvalue weighted by molar-refractivity contribution is 5.92. The Kier molecular flexibility index (Phi) is 6.26. The zero-order valence-corrected chi connectivity index (χ0v) is 15.4. The molecular formula is C21H20FNO5. The predicted octanol–water partition coefficient (Wildman–Crippen LogP) is 3.16. The number of halogens is 1. The maximum atomic E-state index is 13.0. The highest BCUT2D eigenvalue weighted by atomic mass is 19.1. The lowest BCUT2D eigenvalue weighted by molar-refractivity contribution is -0.141. The summed E-state index contributed by atoms with van der Waals surface area (Å²) in [5, 5.41) is 0. The molecule has 7 heteroatoms. The van der Waals surface area contributed by atoms with Crippen LogP contribution in [-0.4, -0.2) is 37.2 Å². The van der Waals surface area contributed by atoms with Crippen molar-refractivity contribution in [2.75, 3.05) is 20.4 Å². The zero-order valence-electron chi connectivity index (χ0n) is 15.4. The van der Waals surface area contributed by atoms with Gasteiger partial charge in [0.25, 0.3) is 0 Å². The Hall–Kier alpha value is -3.35. The van der Waals surface area contributed by atoms with E-state index < -0.39 is 5.97 Å². The highest BCUT2D eigenvalue weighted by Gasteiger charge is 2.17. The lowest BCUT2D eigenvalue weighted by atomic mass is 10.1. The van der Waals surface area contributed by atoms with E-state index in [1.807, 2.05) is 12.1 Å². The third kappa shape index (κ3) is 5.09. The summed E-state index contributed by atoms with van der Waals surface area (Å²) in [7, 11) is 1.31. The van der Waals surface area contributed by atoms with Crippen LogP contribution in [0.4, 0.5) is 4.39 Å². The van der Waals surface area contributed by atoms with Gasteiger partial charge in [-0.3, -0.25) is 9.59 Å². The SMILES string of the molecule is COC(=O)CCN(Cc1ccc2c(c1)OCO2)C(=O)/C=C/c1ccc(F)cc1. The van der Waals surface area contributed by atoms with Crippen molar-refractivity contribution >= 4 is 18.0 Å². The summed E-state index contributed by atoms with van der Waals surface area (Å²) in [6, 6.07) is 11.2. The van der Waals surface area contributed by atoms with E-state index in [9.17, 15) is 14.0 Å². The Balaban J connectivity index is 1.72. The second-order valence-corrected chi connectivity index (χ2v) is 6.16. The van der Waals surface area contributed by atoms with Crippen LogP contribution < -0.4 is 9.47 Å². The minimum absolute atomic E-state index is 0.0805. The number of esters is 1. The molecule has 3 rings (SSSR count). The molecule has 2 aromatic carbocycles. The largest absolute Gasteiger partial charge is 0.469 e. The lowest BCUT2D eigenvalue weighted by Gasteiger charge is -2.21. The Morgan fingerprint density at radius 1 is 1.14 bits per heavy atom. The quantitative estimate of drug-likeness (QED) is 0.541. The number of amides is 1. The molecule has 0 radical (unpaired) electrons. The van der Waals surface area contributed by atoms with Gasteiger partial charge >= 0.3 is 5.97 Å². The molecule has 1 heterocycles. The van der Waals surface area contributed by atoms with Gasteiger partial charge in [-0.15, -0.1) is 0 Å². The van der Waals surface area contributed by atoms with Gasteiger partial charge < -0.3 is 19.1 Å². The molecule has 0 saturated carbocycles. The van der Waals surface area contributed by atoms with Crippen molar-refractivity contribution in [2.45, 2.75) is 13.0 Å². The van der Waals surface area contributed by atoms with E-state index in [-0.39, 0.29) is 31.5 Å². The van der Waals surface area contributed by atoms with E-state index in [1.54, 1.807) is 24.3 Å². The van der Waals surface area contributed by atoms with Gasteiger partial charge in [-0.1, -0.05) is 18.2 Å². The van der Waals surface area contributed by atoms with Gasteiger partial charge in [0.15, 0.2) is 11.5 Å². The number of hydrogen-bond donors (Lipinski definition) is 0. The van der Waals surface area contributed by atoms with Crippen LogP contribution in [0.15, 0.2) is 48.5 Å². The van der Waals surface area contributed by atoms with Crippen LogP contribution in [0.3, 0.4) is 0 Å². The molecule has 1 aliphatic rings. The second-order valence-electron chi connectivity index (χ2n) is 6.16. The van der Waals surface area contributed by atoms with Crippen molar-refractivity contribution in [1.29, 1.82) is 0 Å². The highest BCUT2D eigenvalue weighted by Crippen LogP contribution is 2.32. The van der Waals surface area contributed by atoms with Crippen LogP contribution in [0.2, 0.25) is 0 Å². The Bertz CT molecular complexity index is 879. The van der Waals surface area contributed by atoms with E-state index >= 15 is 0 Å². The van der Waals surface area contributed by atoms with Gasteiger partial charge in [-0.25, -0.2) is 4.39 Å². The monoisotopic (exact) mass is 385 g/mol. The molecule has 0 spiro atoms. The average molecular weight is 385 g/mol. The molecule has 2 aromatic rings. The van der Waals surface area contributed by atoms with Crippen LogP contribution in [0.25, 0.3) is 6.08 Å². The van der Waals surface area contributed by atoms with Gasteiger partial charge in [0.1, 0.15) is 5.82 Å². The van der Waals surface area contributed by atoms with Crippen LogP contribution in [0, 0.1) is 5.82 Å². The van der Waals surface area contributed by atoms with Gasteiger partial charge in [0.05, 0.1) is 13.5 Å². The summed E-state index contributed by atoms with van der Waals surface area (Å²) in [6.45, 7) is 0.665. The Labute approximate surface area is 162 Å². The van der Waals surface area contributed by atoms with Crippen molar-refractivity contribution in [3.63, 3.8) is 0 Å². The number of carbonyl (C=O) groups is 2. The van der Waals surface area contributed by atoms with Gasteiger partial charge in [-0.05, 0) is 41.5 Å².